The Kier molecular flexibility index (Phi) is 5.62. The molecule has 0 aliphatic heterocycles. The van der Waals surface area contributed by atoms with E-state index in [0.29, 0.717) is 28.1 Å². The third-order valence-electron chi connectivity index (χ3n) is 5.85. The molecule has 0 saturated carbocycles. The molecule has 0 spiro atoms. The maximum Gasteiger partial charge on any atom is 0.265 e. The minimum absolute atomic E-state index is 0.128. The van der Waals surface area contributed by atoms with Crippen molar-refractivity contribution in [3.8, 4) is 0 Å². The van der Waals surface area contributed by atoms with Crippen LogP contribution in [0.15, 0.2) is 59.7 Å². The zero-order chi connectivity index (χ0) is 22.1. The second-order valence-electron chi connectivity index (χ2n) is 8.06. The van der Waals surface area contributed by atoms with Crippen molar-refractivity contribution in [2.45, 2.75) is 45.7 Å². The summed E-state index contributed by atoms with van der Waals surface area (Å²) in [5, 5.41) is 1.15. The van der Waals surface area contributed by atoms with Gasteiger partial charge in [0.25, 0.3) is 5.56 Å². The molecule has 0 atom stereocenters. The van der Waals surface area contributed by atoms with Crippen LogP contribution in [0.25, 0.3) is 33.2 Å². The maximum atomic E-state index is 13.6. The van der Waals surface area contributed by atoms with Crippen molar-refractivity contribution in [2.24, 2.45) is 0 Å². The number of benzene rings is 2. The van der Waals surface area contributed by atoms with Gasteiger partial charge >= 0.3 is 0 Å². The number of nitrogens with zero attached hydrogens (tertiary/aromatic N) is 5. The molecule has 0 radical (unpaired) electrons. The van der Waals surface area contributed by atoms with E-state index in [1.54, 1.807) is 10.9 Å². The SMILES string of the molecule is CCCCCCn1c2nc3ccccc3nc2c2c(=O)n(Cc3ccccc3Cl)cnc21. The minimum Gasteiger partial charge on any atom is -0.308 e. The lowest BCUT2D eigenvalue weighted by atomic mass is 10.2. The first kappa shape index (κ1) is 20.6. The first-order chi connectivity index (χ1) is 15.7. The standard InChI is InChI=1S/C25H24ClN5O/c1-2-3-4-9-14-31-23-21(22-24(31)29-20-13-8-7-12-19(20)28-22)25(32)30(16-27-23)15-17-10-5-6-11-18(17)26/h5-8,10-13,16H,2-4,9,14-15H2,1H3. The topological polar surface area (TPSA) is 65.6 Å². The third kappa shape index (κ3) is 3.65. The van der Waals surface area contributed by atoms with Gasteiger partial charge in [-0.1, -0.05) is 68.1 Å². The average molecular weight is 446 g/mol. The molecule has 6 nitrogen and oxygen atoms in total. The van der Waals surface area contributed by atoms with Crippen molar-refractivity contribution in [2.75, 3.05) is 0 Å². The molecule has 3 heterocycles. The third-order valence-corrected chi connectivity index (χ3v) is 6.22. The number of hydrogen-bond donors (Lipinski definition) is 0. The smallest absolute Gasteiger partial charge is 0.265 e. The van der Waals surface area contributed by atoms with Crippen molar-refractivity contribution >= 4 is 44.8 Å². The summed E-state index contributed by atoms with van der Waals surface area (Å²) in [6.07, 6.45) is 6.09. The van der Waals surface area contributed by atoms with Crippen LogP contribution >= 0.6 is 11.6 Å². The van der Waals surface area contributed by atoms with Crippen molar-refractivity contribution in [3.63, 3.8) is 0 Å². The van der Waals surface area contributed by atoms with Crippen LogP contribution in [0.3, 0.4) is 0 Å². The molecule has 0 aliphatic rings. The summed E-state index contributed by atoms with van der Waals surface area (Å²) in [6, 6.07) is 15.3. The summed E-state index contributed by atoms with van der Waals surface area (Å²) in [5.41, 5.74) is 4.30. The van der Waals surface area contributed by atoms with Gasteiger partial charge in [0.1, 0.15) is 17.2 Å². The normalized spacial score (nSPS) is 11.7. The summed E-state index contributed by atoms with van der Waals surface area (Å²) in [6.45, 7) is 3.31. The molecule has 0 aliphatic carbocycles. The Morgan fingerprint density at radius 2 is 1.66 bits per heavy atom. The Morgan fingerprint density at radius 3 is 2.44 bits per heavy atom. The number of aryl methyl sites for hydroxylation is 1. The molecule has 0 amide bonds. The predicted octanol–water partition coefficient (Wildman–Crippen LogP) is 5.58. The van der Waals surface area contributed by atoms with Gasteiger partial charge in [0, 0.05) is 11.6 Å². The molecule has 32 heavy (non-hydrogen) atoms. The number of halogens is 1. The van der Waals surface area contributed by atoms with Gasteiger partial charge < -0.3 is 4.57 Å². The van der Waals surface area contributed by atoms with E-state index in [0.717, 1.165) is 41.6 Å². The van der Waals surface area contributed by atoms with Gasteiger partial charge in [-0.25, -0.2) is 15.0 Å². The summed E-state index contributed by atoms with van der Waals surface area (Å²) in [7, 11) is 0. The van der Waals surface area contributed by atoms with Gasteiger partial charge in [-0.15, -0.1) is 0 Å². The van der Waals surface area contributed by atoms with E-state index < -0.39 is 0 Å². The number of para-hydroxylation sites is 2. The number of aromatic nitrogens is 5. The van der Waals surface area contributed by atoms with Gasteiger partial charge in [-0.05, 0) is 30.2 Å². The van der Waals surface area contributed by atoms with Crippen LogP contribution in [0.1, 0.15) is 38.2 Å². The monoisotopic (exact) mass is 445 g/mol. The van der Waals surface area contributed by atoms with Crippen LogP contribution in [-0.2, 0) is 13.1 Å². The van der Waals surface area contributed by atoms with Gasteiger partial charge in [0.2, 0.25) is 0 Å². The lowest BCUT2D eigenvalue weighted by molar-refractivity contribution is 0.597. The molecule has 0 fully saturated rings. The Bertz CT molecular complexity index is 1490. The summed E-state index contributed by atoms with van der Waals surface area (Å²) >= 11 is 6.33. The van der Waals surface area contributed by atoms with E-state index >= 15 is 0 Å². The molecular formula is C25H24ClN5O. The largest absolute Gasteiger partial charge is 0.308 e. The quantitative estimate of drug-likeness (QED) is 0.307. The number of hydrogen-bond acceptors (Lipinski definition) is 4. The van der Waals surface area contributed by atoms with Crippen LogP contribution in [0.2, 0.25) is 5.02 Å². The molecule has 0 N–H and O–H groups in total. The van der Waals surface area contributed by atoms with Gasteiger partial charge in [-0.2, -0.15) is 0 Å². The van der Waals surface area contributed by atoms with E-state index in [1.165, 1.54) is 12.8 Å². The fourth-order valence-corrected chi connectivity index (χ4v) is 4.37. The zero-order valence-corrected chi connectivity index (χ0v) is 18.7. The molecule has 5 rings (SSSR count). The van der Waals surface area contributed by atoms with Crippen molar-refractivity contribution in [3.05, 3.63) is 75.8 Å². The molecule has 0 bridgehead atoms. The average Bonchev–Trinajstić information content (AvgIpc) is 3.11. The van der Waals surface area contributed by atoms with Crippen LogP contribution in [0.5, 0.6) is 0 Å². The van der Waals surface area contributed by atoms with Crippen molar-refractivity contribution in [1.82, 2.24) is 24.1 Å². The summed E-state index contributed by atoms with van der Waals surface area (Å²) in [5.74, 6) is 0. The van der Waals surface area contributed by atoms with E-state index in [1.807, 2.05) is 48.5 Å². The fraction of sp³-hybridized carbons (Fsp3) is 0.280. The van der Waals surface area contributed by atoms with Gasteiger partial charge in [0.05, 0.1) is 17.6 Å². The molecule has 7 heteroatoms. The lowest BCUT2D eigenvalue weighted by Crippen LogP contribution is -2.21. The molecule has 0 saturated heterocycles. The highest BCUT2D eigenvalue weighted by Gasteiger charge is 2.19. The Hall–Kier alpha value is -3.25. The molecule has 5 aromatic rings. The van der Waals surface area contributed by atoms with Gasteiger partial charge in [-0.3, -0.25) is 9.36 Å². The lowest BCUT2D eigenvalue weighted by Gasteiger charge is -2.08. The van der Waals surface area contributed by atoms with E-state index in [9.17, 15) is 4.79 Å². The van der Waals surface area contributed by atoms with Crippen molar-refractivity contribution in [1.29, 1.82) is 0 Å². The number of rotatable bonds is 7. The highest BCUT2D eigenvalue weighted by Crippen LogP contribution is 2.26. The fourth-order valence-electron chi connectivity index (χ4n) is 4.17. The molecular weight excluding hydrogens is 422 g/mol. The molecule has 2 aromatic carbocycles. The van der Waals surface area contributed by atoms with E-state index in [4.69, 9.17) is 26.6 Å². The Labute approximate surface area is 190 Å². The Morgan fingerprint density at radius 1 is 0.906 bits per heavy atom. The minimum atomic E-state index is -0.128. The summed E-state index contributed by atoms with van der Waals surface area (Å²) < 4.78 is 3.66. The highest BCUT2D eigenvalue weighted by molar-refractivity contribution is 6.31. The second kappa shape index (κ2) is 8.71. The predicted molar refractivity (Wildman–Crippen MR) is 129 cm³/mol. The molecule has 0 unspecified atom stereocenters. The van der Waals surface area contributed by atoms with Crippen LogP contribution in [0.4, 0.5) is 0 Å². The number of fused-ring (bicyclic) bond motifs is 4. The molecule has 162 valence electrons. The first-order valence-electron chi connectivity index (χ1n) is 11.0. The van der Waals surface area contributed by atoms with Crippen LogP contribution < -0.4 is 5.56 Å². The molecule has 3 aromatic heterocycles. The van der Waals surface area contributed by atoms with E-state index in [-0.39, 0.29) is 5.56 Å². The van der Waals surface area contributed by atoms with Crippen LogP contribution in [0, 0.1) is 0 Å². The van der Waals surface area contributed by atoms with Crippen molar-refractivity contribution < 1.29 is 0 Å². The zero-order valence-electron chi connectivity index (χ0n) is 18.0. The summed E-state index contributed by atoms with van der Waals surface area (Å²) in [4.78, 5) is 28.0. The number of unbranched alkanes of at least 4 members (excludes halogenated alkanes) is 3. The Balaban J connectivity index is 1.71. The van der Waals surface area contributed by atoms with E-state index in [2.05, 4.69) is 11.5 Å². The second-order valence-corrected chi connectivity index (χ2v) is 8.47. The maximum absolute atomic E-state index is 13.6. The first-order valence-corrected chi connectivity index (χ1v) is 11.4. The highest BCUT2D eigenvalue weighted by atomic mass is 35.5. The van der Waals surface area contributed by atoms with Gasteiger partial charge in [0.15, 0.2) is 11.3 Å². The van der Waals surface area contributed by atoms with Crippen LogP contribution in [-0.4, -0.2) is 24.1 Å².